The van der Waals surface area contributed by atoms with E-state index in [1.807, 2.05) is 47.0 Å². The van der Waals surface area contributed by atoms with Crippen molar-refractivity contribution in [2.45, 2.75) is 38.9 Å². The van der Waals surface area contributed by atoms with E-state index in [1.165, 1.54) is 5.56 Å². The zero-order chi connectivity index (χ0) is 17.4. The van der Waals surface area contributed by atoms with Crippen LogP contribution in [-0.2, 0) is 6.42 Å². The average molecular weight is 333 g/mol. The minimum absolute atomic E-state index is 0.0502. The Morgan fingerprint density at radius 1 is 1.08 bits per heavy atom. The number of hydrogen-bond acceptors (Lipinski definition) is 3. The molecule has 1 aliphatic rings. The minimum atomic E-state index is -0.0502. The van der Waals surface area contributed by atoms with Crippen molar-refractivity contribution in [1.82, 2.24) is 14.9 Å². The van der Waals surface area contributed by atoms with E-state index in [-0.39, 0.29) is 17.8 Å². The van der Waals surface area contributed by atoms with Crippen molar-refractivity contribution in [2.75, 3.05) is 0 Å². The number of benzene rings is 2. The summed E-state index contributed by atoms with van der Waals surface area (Å²) in [5.74, 6) is 1.41. The topological polar surface area (TPSA) is 46.9 Å². The first-order chi connectivity index (χ1) is 12.1. The third-order valence-corrected chi connectivity index (χ3v) is 4.83. The molecular formula is C21H23N3O. The predicted octanol–water partition coefficient (Wildman–Crippen LogP) is 3.83. The molecular weight excluding hydrogens is 310 g/mol. The van der Waals surface area contributed by atoms with Gasteiger partial charge in [0.2, 0.25) is 0 Å². The number of nitrogens with zero attached hydrogens (tertiary/aromatic N) is 2. The second-order valence-corrected chi connectivity index (χ2v) is 7.22. The lowest BCUT2D eigenvalue weighted by Gasteiger charge is -2.15. The van der Waals surface area contributed by atoms with Gasteiger partial charge in [-0.15, -0.1) is 0 Å². The zero-order valence-corrected chi connectivity index (χ0v) is 14.6. The van der Waals surface area contributed by atoms with E-state index in [1.54, 1.807) is 0 Å². The zero-order valence-electron chi connectivity index (χ0n) is 14.6. The fourth-order valence-corrected chi connectivity index (χ4v) is 3.72. The van der Waals surface area contributed by atoms with Crippen molar-refractivity contribution in [1.29, 1.82) is 0 Å². The van der Waals surface area contributed by atoms with Gasteiger partial charge in [0, 0.05) is 6.42 Å². The van der Waals surface area contributed by atoms with E-state index in [4.69, 9.17) is 4.98 Å². The molecule has 0 aliphatic carbocycles. The van der Waals surface area contributed by atoms with Crippen LogP contribution in [0.5, 0.6) is 0 Å². The van der Waals surface area contributed by atoms with Gasteiger partial charge in [-0.2, -0.15) is 0 Å². The van der Waals surface area contributed by atoms with Crippen molar-refractivity contribution < 1.29 is 0 Å². The molecule has 1 aliphatic heterocycles. The van der Waals surface area contributed by atoms with Crippen molar-refractivity contribution >= 4 is 10.9 Å². The molecule has 4 rings (SSSR count). The Morgan fingerprint density at radius 2 is 1.80 bits per heavy atom. The Kier molecular flexibility index (Phi) is 4.14. The molecule has 2 aromatic carbocycles. The third-order valence-electron chi connectivity index (χ3n) is 4.83. The van der Waals surface area contributed by atoms with Gasteiger partial charge in [-0.3, -0.25) is 14.7 Å². The maximum atomic E-state index is 13.1. The molecule has 3 aromatic rings. The second kappa shape index (κ2) is 6.45. The molecule has 0 saturated heterocycles. The van der Waals surface area contributed by atoms with Crippen LogP contribution in [0.1, 0.15) is 43.9 Å². The summed E-state index contributed by atoms with van der Waals surface area (Å²) in [6, 6.07) is 18.1. The normalized spacial score (nSPS) is 19.5. The van der Waals surface area contributed by atoms with E-state index >= 15 is 0 Å². The standard InChI is InChI=1S/C21H23N3O/c1-14(2)12-18-20-23-17-11-7-6-10-16(17)21(25)24(20)19(22-18)13-15-8-4-3-5-9-15/h3-11,14,18-19,22H,12-13H2,1-2H3. The van der Waals surface area contributed by atoms with Gasteiger partial charge in [-0.05, 0) is 30.0 Å². The van der Waals surface area contributed by atoms with Crippen molar-refractivity contribution in [3.63, 3.8) is 0 Å². The molecule has 2 unspecified atom stereocenters. The van der Waals surface area contributed by atoms with E-state index in [2.05, 4.69) is 31.3 Å². The van der Waals surface area contributed by atoms with Gasteiger partial charge in [-0.1, -0.05) is 56.3 Å². The highest BCUT2D eigenvalue weighted by Gasteiger charge is 2.33. The van der Waals surface area contributed by atoms with Crippen LogP contribution in [0, 0.1) is 5.92 Å². The Labute approximate surface area is 147 Å². The van der Waals surface area contributed by atoms with Crippen LogP contribution in [-0.4, -0.2) is 9.55 Å². The van der Waals surface area contributed by atoms with E-state index in [0.29, 0.717) is 11.3 Å². The van der Waals surface area contributed by atoms with E-state index < -0.39 is 0 Å². The lowest BCUT2D eigenvalue weighted by molar-refractivity contribution is 0.386. The van der Waals surface area contributed by atoms with Gasteiger partial charge < -0.3 is 0 Å². The van der Waals surface area contributed by atoms with Crippen molar-refractivity contribution in [2.24, 2.45) is 5.92 Å². The van der Waals surface area contributed by atoms with Crippen molar-refractivity contribution in [3.8, 4) is 0 Å². The van der Waals surface area contributed by atoms with Gasteiger partial charge >= 0.3 is 0 Å². The Morgan fingerprint density at radius 3 is 2.56 bits per heavy atom. The Hall–Kier alpha value is -2.46. The molecule has 0 spiro atoms. The predicted molar refractivity (Wildman–Crippen MR) is 101 cm³/mol. The minimum Gasteiger partial charge on any atom is -0.287 e. The van der Waals surface area contributed by atoms with E-state index in [9.17, 15) is 4.79 Å². The summed E-state index contributed by atoms with van der Waals surface area (Å²) < 4.78 is 1.88. The van der Waals surface area contributed by atoms with Gasteiger partial charge in [0.15, 0.2) is 0 Å². The van der Waals surface area contributed by atoms with Crippen LogP contribution in [0.25, 0.3) is 10.9 Å². The van der Waals surface area contributed by atoms with Gasteiger partial charge in [-0.25, -0.2) is 4.98 Å². The molecule has 4 nitrogen and oxygen atoms in total. The molecule has 2 atom stereocenters. The largest absolute Gasteiger partial charge is 0.287 e. The molecule has 128 valence electrons. The third kappa shape index (κ3) is 2.98. The lowest BCUT2D eigenvalue weighted by Crippen LogP contribution is -2.29. The fourth-order valence-electron chi connectivity index (χ4n) is 3.72. The summed E-state index contributed by atoms with van der Waals surface area (Å²) in [4.78, 5) is 18.0. The SMILES string of the molecule is CC(C)CC1NC(Cc2ccccc2)n2c1nc1ccccc1c2=O. The molecule has 0 amide bonds. The number of hydrogen-bond donors (Lipinski definition) is 1. The van der Waals surface area contributed by atoms with Crippen LogP contribution >= 0.6 is 0 Å². The smallest absolute Gasteiger partial charge is 0.262 e. The maximum Gasteiger partial charge on any atom is 0.262 e. The average Bonchev–Trinajstić information content (AvgIpc) is 2.93. The Bertz CT molecular complexity index is 946. The summed E-state index contributed by atoms with van der Waals surface area (Å²) in [5.41, 5.74) is 2.06. The monoisotopic (exact) mass is 333 g/mol. The molecule has 2 heterocycles. The number of fused-ring (bicyclic) bond motifs is 2. The maximum absolute atomic E-state index is 13.1. The lowest BCUT2D eigenvalue weighted by atomic mass is 10.0. The molecule has 0 bridgehead atoms. The number of aromatic nitrogens is 2. The summed E-state index contributed by atoms with van der Waals surface area (Å²) >= 11 is 0. The summed E-state index contributed by atoms with van der Waals surface area (Å²) in [6.45, 7) is 4.41. The van der Waals surface area contributed by atoms with Crippen LogP contribution < -0.4 is 10.9 Å². The first-order valence-corrected chi connectivity index (χ1v) is 8.94. The molecule has 1 aromatic heterocycles. The molecule has 25 heavy (non-hydrogen) atoms. The van der Waals surface area contributed by atoms with E-state index in [0.717, 1.165) is 24.2 Å². The van der Waals surface area contributed by atoms with Gasteiger partial charge in [0.25, 0.3) is 5.56 Å². The molecule has 0 radical (unpaired) electrons. The first kappa shape index (κ1) is 16.0. The molecule has 0 fully saturated rings. The van der Waals surface area contributed by atoms with Crippen LogP contribution in [0.2, 0.25) is 0 Å². The summed E-state index contributed by atoms with van der Waals surface area (Å²) in [5, 5.41) is 4.34. The summed E-state index contributed by atoms with van der Waals surface area (Å²) in [7, 11) is 0. The molecule has 4 heteroatoms. The van der Waals surface area contributed by atoms with Crippen LogP contribution in [0.15, 0.2) is 59.4 Å². The number of nitrogens with one attached hydrogen (secondary N) is 1. The van der Waals surface area contributed by atoms with Crippen LogP contribution in [0.3, 0.4) is 0 Å². The van der Waals surface area contributed by atoms with Gasteiger partial charge in [0.1, 0.15) is 5.82 Å². The fraction of sp³-hybridized carbons (Fsp3) is 0.333. The highest BCUT2D eigenvalue weighted by Crippen LogP contribution is 2.31. The first-order valence-electron chi connectivity index (χ1n) is 8.94. The number of rotatable bonds is 4. The number of para-hydroxylation sites is 1. The molecule has 1 N–H and O–H groups in total. The quantitative estimate of drug-likeness (QED) is 0.789. The second-order valence-electron chi connectivity index (χ2n) is 7.22. The highest BCUT2D eigenvalue weighted by molar-refractivity contribution is 5.77. The summed E-state index contributed by atoms with van der Waals surface area (Å²) in [6.07, 6.45) is 1.70. The molecule has 0 saturated carbocycles. The van der Waals surface area contributed by atoms with Crippen molar-refractivity contribution in [3.05, 3.63) is 76.3 Å². The highest BCUT2D eigenvalue weighted by atomic mass is 16.1. The Balaban J connectivity index is 1.82. The van der Waals surface area contributed by atoms with Crippen LogP contribution in [0.4, 0.5) is 0 Å². The van der Waals surface area contributed by atoms with Gasteiger partial charge in [0.05, 0.1) is 23.1 Å².